The fraction of sp³-hybridized carbons (Fsp3) is 0.286. The highest BCUT2D eigenvalue weighted by Gasteiger charge is 2.06. The second-order valence-corrected chi connectivity index (χ2v) is 4.06. The Morgan fingerprint density at radius 3 is 3.00 bits per heavy atom. The van der Waals surface area contributed by atoms with Crippen molar-refractivity contribution in [3.05, 3.63) is 48.2 Å². The zero-order valence-corrected chi connectivity index (χ0v) is 10.8. The summed E-state index contributed by atoms with van der Waals surface area (Å²) in [5.41, 5.74) is 0.956. The van der Waals surface area contributed by atoms with E-state index in [1.165, 1.54) is 6.39 Å². The predicted octanol–water partition coefficient (Wildman–Crippen LogP) is 1.93. The van der Waals surface area contributed by atoms with Crippen LogP contribution in [0.2, 0.25) is 0 Å². The molecule has 1 aromatic heterocycles. The lowest BCUT2D eigenvalue weighted by molar-refractivity contribution is -0.121. The van der Waals surface area contributed by atoms with Crippen LogP contribution >= 0.6 is 0 Å². The number of amides is 1. The lowest BCUT2D eigenvalue weighted by Gasteiger charge is -2.09. The van der Waals surface area contributed by atoms with Gasteiger partial charge in [-0.2, -0.15) is 0 Å². The van der Waals surface area contributed by atoms with Crippen molar-refractivity contribution >= 4 is 5.91 Å². The number of hydrogen-bond acceptors (Lipinski definition) is 4. The smallest absolute Gasteiger partial charge is 0.220 e. The molecule has 0 atom stereocenters. The Bertz CT molecular complexity index is 523. The number of ether oxygens (including phenoxy) is 1. The first kappa shape index (κ1) is 13.1. The third-order valence-electron chi connectivity index (χ3n) is 2.75. The number of nitrogens with one attached hydrogen (secondary N) is 1. The average molecular weight is 260 g/mol. The minimum absolute atomic E-state index is 0.0256. The van der Waals surface area contributed by atoms with Gasteiger partial charge in [-0.1, -0.05) is 18.2 Å². The molecule has 5 nitrogen and oxygen atoms in total. The molecular weight excluding hydrogens is 244 g/mol. The van der Waals surface area contributed by atoms with E-state index in [0.29, 0.717) is 25.1 Å². The highest BCUT2D eigenvalue weighted by Crippen LogP contribution is 2.16. The van der Waals surface area contributed by atoms with Crippen LogP contribution in [0.15, 0.2) is 41.3 Å². The Morgan fingerprint density at radius 1 is 1.42 bits per heavy atom. The fourth-order valence-corrected chi connectivity index (χ4v) is 1.73. The van der Waals surface area contributed by atoms with Gasteiger partial charge < -0.3 is 14.5 Å². The van der Waals surface area contributed by atoms with Crippen LogP contribution in [0.25, 0.3) is 0 Å². The van der Waals surface area contributed by atoms with Gasteiger partial charge in [0.15, 0.2) is 6.39 Å². The van der Waals surface area contributed by atoms with Crippen LogP contribution in [0.3, 0.4) is 0 Å². The van der Waals surface area contributed by atoms with Gasteiger partial charge in [-0.05, 0) is 6.07 Å². The Labute approximate surface area is 111 Å². The van der Waals surface area contributed by atoms with Crippen LogP contribution in [0.1, 0.15) is 17.7 Å². The molecule has 1 N–H and O–H groups in total. The largest absolute Gasteiger partial charge is 0.496 e. The maximum Gasteiger partial charge on any atom is 0.220 e. The van der Waals surface area contributed by atoms with Crippen LogP contribution in [-0.4, -0.2) is 18.0 Å². The quantitative estimate of drug-likeness (QED) is 0.862. The molecule has 0 fully saturated rings. The van der Waals surface area contributed by atoms with E-state index in [-0.39, 0.29) is 5.91 Å². The third kappa shape index (κ3) is 3.84. The molecule has 0 radical (unpaired) electrons. The monoisotopic (exact) mass is 260 g/mol. The predicted molar refractivity (Wildman–Crippen MR) is 69.7 cm³/mol. The summed E-state index contributed by atoms with van der Waals surface area (Å²) in [7, 11) is 1.62. The van der Waals surface area contributed by atoms with E-state index >= 15 is 0 Å². The number of hydrogen-bond donors (Lipinski definition) is 1. The number of aryl methyl sites for hydroxylation is 1. The molecule has 0 unspecified atom stereocenters. The summed E-state index contributed by atoms with van der Waals surface area (Å²) < 4.78 is 10.3. The zero-order valence-electron chi connectivity index (χ0n) is 10.8. The number of oxazole rings is 1. The summed E-state index contributed by atoms with van der Waals surface area (Å²) in [4.78, 5) is 15.5. The van der Waals surface area contributed by atoms with E-state index in [1.807, 2.05) is 24.3 Å². The van der Waals surface area contributed by atoms with Crippen LogP contribution < -0.4 is 10.1 Å². The molecule has 0 bridgehead atoms. The van der Waals surface area contributed by atoms with Crippen molar-refractivity contribution in [1.29, 1.82) is 0 Å². The van der Waals surface area contributed by atoms with E-state index in [2.05, 4.69) is 10.3 Å². The molecule has 0 aliphatic carbocycles. The van der Waals surface area contributed by atoms with Gasteiger partial charge in [0, 0.05) is 24.9 Å². The van der Waals surface area contributed by atoms with Crippen molar-refractivity contribution in [2.45, 2.75) is 19.4 Å². The van der Waals surface area contributed by atoms with Gasteiger partial charge in [0.25, 0.3) is 0 Å². The second-order valence-electron chi connectivity index (χ2n) is 4.06. The number of rotatable bonds is 6. The summed E-state index contributed by atoms with van der Waals surface area (Å²) in [5.74, 6) is 1.47. The van der Waals surface area contributed by atoms with Crippen molar-refractivity contribution in [3.8, 4) is 5.75 Å². The first-order valence-electron chi connectivity index (χ1n) is 6.05. The Balaban J connectivity index is 1.80. The summed E-state index contributed by atoms with van der Waals surface area (Å²) in [6.45, 7) is 0.458. The minimum Gasteiger partial charge on any atom is -0.496 e. The molecule has 0 aliphatic heterocycles. The maximum atomic E-state index is 11.7. The van der Waals surface area contributed by atoms with Crippen LogP contribution in [0, 0.1) is 0 Å². The van der Waals surface area contributed by atoms with Crippen molar-refractivity contribution in [2.75, 3.05) is 7.11 Å². The van der Waals surface area contributed by atoms with Gasteiger partial charge in [-0.15, -0.1) is 0 Å². The summed E-state index contributed by atoms with van der Waals surface area (Å²) in [6, 6.07) is 7.61. The fourth-order valence-electron chi connectivity index (χ4n) is 1.73. The molecule has 1 heterocycles. The molecule has 1 aromatic carbocycles. The average Bonchev–Trinajstić information content (AvgIpc) is 2.96. The van der Waals surface area contributed by atoms with E-state index in [9.17, 15) is 4.79 Å². The highest BCUT2D eigenvalue weighted by atomic mass is 16.5. The molecule has 2 rings (SSSR count). The first-order chi connectivity index (χ1) is 9.29. The molecule has 0 aliphatic rings. The maximum absolute atomic E-state index is 11.7. The molecule has 0 saturated carbocycles. The number of carbonyl (C=O) groups is 1. The van der Waals surface area contributed by atoms with Crippen molar-refractivity contribution in [3.63, 3.8) is 0 Å². The number of carbonyl (C=O) groups excluding carboxylic acids is 1. The molecule has 5 heteroatoms. The van der Waals surface area contributed by atoms with Gasteiger partial charge in [-0.3, -0.25) is 4.79 Å². The van der Waals surface area contributed by atoms with Gasteiger partial charge in [0.2, 0.25) is 5.91 Å². The minimum atomic E-state index is -0.0256. The molecule has 19 heavy (non-hydrogen) atoms. The Hall–Kier alpha value is -2.30. The zero-order chi connectivity index (χ0) is 13.5. The number of nitrogens with zero attached hydrogens (tertiary/aromatic N) is 1. The topological polar surface area (TPSA) is 64.4 Å². The van der Waals surface area contributed by atoms with Gasteiger partial charge >= 0.3 is 0 Å². The van der Waals surface area contributed by atoms with Crippen LogP contribution in [0.4, 0.5) is 0 Å². The van der Waals surface area contributed by atoms with Crippen molar-refractivity contribution < 1.29 is 13.9 Å². The Morgan fingerprint density at radius 2 is 2.26 bits per heavy atom. The van der Waals surface area contributed by atoms with Crippen LogP contribution in [0.5, 0.6) is 5.75 Å². The standard InChI is InChI=1S/C14H16N2O3/c1-18-13-5-3-2-4-11(13)8-16-14(17)7-6-12-9-15-10-19-12/h2-5,9-10H,6-8H2,1H3,(H,16,17). The van der Waals surface area contributed by atoms with Crippen molar-refractivity contribution in [2.24, 2.45) is 0 Å². The number of para-hydroxylation sites is 1. The van der Waals surface area contributed by atoms with Gasteiger partial charge in [-0.25, -0.2) is 4.98 Å². The number of benzene rings is 1. The Kier molecular flexibility index (Phi) is 4.55. The highest BCUT2D eigenvalue weighted by molar-refractivity contribution is 5.76. The van der Waals surface area contributed by atoms with E-state index in [4.69, 9.17) is 9.15 Å². The van der Waals surface area contributed by atoms with Crippen LogP contribution in [-0.2, 0) is 17.8 Å². The van der Waals surface area contributed by atoms with E-state index < -0.39 is 0 Å². The van der Waals surface area contributed by atoms with E-state index in [0.717, 1.165) is 11.3 Å². The molecular formula is C14H16N2O3. The number of methoxy groups -OCH3 is 1. The van der Waals surface area contributed by atoms with Gasteiger partial charge in [0.05, 0.1) is 13.3 Å². The second kappa shape index (κ2) is 6.58. The molecule has 2 aromatic rings. The number of aromatic nitrogens is 1. The summed E-state index contributed by atoms with van der Waals surface area (Å²) >= 11 is 0. The summed E-state index contributed by atoms with van der Waals surface area (Å²) in [5, 5.41) is 2.86. The molecule has 100 valence electrons. The SMILES string of the molecule is COc1ccccc1CNC(=O)CCc1cnco1. The molecule has 1 amide bonds. The summed E-state index contributed by atoms with van der Waals surface area (Å²) in [6.07, 6.45) is 3.91. The van der Waals surface area contributed by atoms with E-state index in [1.54, 1.807) is 13.3 Å². The lowest BCUT2D eigenvalue weighted by Crippen LogP contribution is -2.23. The third-order valence-corrected chi connectivity index (χ3v) is 2.75. The molecule has 0 saturated heterocycles. The lowest BCUT2D eigenvalue weighted by atomic mass is 10.2. The van der Waals surface area contributed by atoms with Gasteiger partial charge in [0.1, 0.15) is 11.5 Å². The van der Waals surface area contributed by atoms with Crippen molar-refractivity contribution in [1.82, 2.24) is 10.3 Å². The first-order valence-corrected chi connectivity index (χ1v) is 6.05. The molecule has 0 spiro atoms. The normalized spacial score (nSPS) is 10.2.